The second-order valence-electron chi connectivity index (χ2n) is 6.55. The number of hydrogen-bond acceptors (Lipinski definition) is 3. The summed E-state index contributed by atoms with van der Waals surface area (Å²) in [5, 5.41) is 10.4. The van der Waals surface area contributed by atoms with Gasteiger partial charge in [0.05, 0.1) is 16.1 Å². The van der Waals surface area contributed by atoms with Crippen LogP contribution in [0.15, 0.2) is 18.2 Å². The first-order valence-corrected chi connectivity index (χ1v) is 8.38. The second-order valence-corrected chi connectivity index (χ2v) is 6.96. The largest absolute Gasteiger partial charge is 0.481 e. The summed E-state index contributed by atoms with van der Waals surface area (Å²) in [5.74, 6) is -0.714. The average molecular weight is 323 g/mol. The molecule has 0 atom stereocenters. The van der Waals surface area contributed by atoms with Gasteiger partial charge in [-0.1, -0.05) is 30.5 Å². The fourth-order valence-corrected chi connectivity index (χ4v) is 4.01. The Labute approximate surface area is 136 Å². The average Bonchev–Trinajstić information content (AvgIpc) is 2.99. The first-order chi connectivity index (χ1) is 10.5. The lowest BCUT2D eigenvalue weighted by molar-refractivity contribution is -0.143. The molecule has 1 aromatic carbocycles. The van der Waals surface area contributed by atoms with E-state index in [-0.39, 0.29) is 0 Å². The number of carbonyl (C=O) groups is 1. The predicted octanol–water partition coefficient (Wildman–Crippen LogP) is 2.99. The summed E-state index contributed by atoms with van der Waals surface area (Å²) in [4.78, 5) is 16.4. The van der Waals surface area contributed by atoms with E-state index in [2.05, 4.69) is 16.8 Å². The summed E-state index contributed by atoms with van der Waals surface area (Å²) in [7, 11) is 2.12. The van der Waals surface area contributed by atoms with Crippen molar-refractivity contribution in [2.75, 3.05) is 38.1 Å². The van der Waals surface area contributed by atoms with Crippen molar-refractivity contribution in [1.29, 1.82) is 0 Å². The smallest absolute Gasteiger partial charge is 0.314 e. The Morgan fingerprint density at radius 1 is 1.18 bits per heavy atom. The zero-order chi connectivity index (χ0) is 15.7. The summed E-state index contributed by atoms with van der Waals surface area (Å²) >= 11 is 6.50. The highest BCUT2D eigenvalue weighted by Crippen LogP contribution is 2.43. The van der Waals surface area contributed by atoms with Gasteiger partial charge in [-0.25, -0.2) is 0 Å². The van der Waals surface area contributed by atoms with E-state index in [1.54, 1.807) is 0 Å². The molecule has 2 aliphatic rings. The van der Waals surface area contributed by atoms with Crippen molar-refractivity contribution in [3.8, 4) is 0 Å². The molecule has 120 valence electrons. The SMILES string of the molecule is CN1CCN(c2ccc(C3(C(=O)O)CCCC3)cc2Cl)CC1. The highest BCUT2D eigenvalue weighted by Gasteiger charge is 2.43. The van der Waals surface area contributed by atoms with Crippen LogP contribution in [-0.4, -0.2) is 49.2 Å². The predicted molar refractivity (Wildman–Crippen MR) is 88.9 cm³/mol. The van der Waals surface area contributed by atoms with Gasteiger partial charge in [-0.3, -0.25) is 4.79 Å². The van der Waals surface area contributed by atoms with Gasteiger partial charge in [0.15, 0.2) is 0 Å². The van der Waals surface area contributed by atoms with E-state index in [4.69, 9.17) is 11.6 Å². The number of likely N-dealkylation sites (N-methyl/N-ethyl adjacent to an activating group) is 1. The van der Waals surface area contributed by atoms with E-state index in [1.165, 1.54) is 0 Å². The fourth-order valence-electron chi connectivity index (χ4n) is 3.71. The molecule has 1 saturated carbocycles. The van der Waals surface area contributed by atoms with Crippen molar-refractivity contribution in [3.05, 3.63) is 28.8 Å². The summed E-state index contributed by atoms with van der Waals surface area (Å²) in [6.45, 7) is 3.97. The molecule has 5 heteroatoms. The molecule has 1 aliphatic carbocycles. The number of anilines is 1. The van der Waals surface area contributed by atoms with Crippen LogP contribution in [0.2, 0.25) is 5.02 Å². The van der Waals surface area contributed by atoms with Gasteiger partial charge >= 0.3 is 5.97 Å². The van der Waals surface area contributed by atoms with Gasteiger partial charge in [-0.15, -0.1) is 0 Å². The number of carboxylic acid groups (broad SMARTS) is 1. The molecular formula is C17H23ClN2O2. The molecule has 4 nitrogen and oxygen atoms in total. The summed E-state index contributed by atoms with van der Waals surface area (Å²) < 4.78 is 0. The molecule has 1 saturated heterocycles. The highest BCUT2D eigenvalue weighted by atomic mass is 35.5. The minimum absolute atomic E-state index is 0.676. The molecule has 3 rings (SSSR count). The lowest BCUT2D eigenvalue weighted by Crippen LogP contribution is -2.44. The van der Waals surface area contributed by atoms with Gasteiger partial charge < -0.3 is 14.9 Å². The quantitative estimate of drug-likeness (QED) is 0.929. The van der Waals surface area contributed by atoms with Gasteiger partial charge in [-0.05, 0) is 37.6 Å². The van der Waals surface area contributed by atoms with Gasteiger partial charge in [0, 0.05) is 26.2 Å². The molecule has 0 aromatic heterocycles. The topological polar surface area (TPSA) is 43.8 Å². The number of piperazine rings is 1. The number of benzene rings is 1. The minimum Gasteiger partial charge on any atom is -0.481 e. The van der Waals surface area contributed by atoms with Gasteiger partial charge in [0.25, 0.3) is 0 Å². The Bertz CT molecular complexity index is 562. The molecule has 1 aliphatic heterocycles. The maximum absolute atomic E-state index is 11.8. The van der Waals surface area contributed by atoms with E-state index in [0.717, 1.165) is 50.3 Å². The van der Waals surface area contributed by atoms with Crippen LogP contribution >= 0.6 is 11.6 Å². The van der Waals surface area contributed by atoms with Crippen LogP contribution < -0.4 is 4.90 Å². The Morgan fingerprint density at radius 3 is 2.36 bits per heavy atom. The van der Waals surface area contributed by atoms with Crippen LogP contribution in [0, 0.1) is 0 Å². The van der Waals surface area contributed by atoms with Crippen molar-refractivity contribution in [2.45, 2.75) is 31.1 Å². The number of hydrogen-bond donors (Lipinski definition) is 1. The fraction of sp³-hybridized carbons (Fsp3) is 0.588. The van der Waals surface area contributed by atoms with E-state index >= 15 is 0 Å². The maximum atomic E-state index is 11.8. The zero-order valence-corrected chi connectivity index (χ0v) is 13.8. The van der Waals surface area contributed by atoms with E-state index in [0.29, 0.717) is 17.9 Å². The Hall–Kier alpha value is -1.26. The van der Waals surface area contributed by atoms with Gasteiger partial charge in [0.1, 0.15) is 0 Å². The normalized spacial score (nSPS) is 22.0. The van der Waals surface area contributed by atoms with Crippen LogP contribution in [0.4, 0.5) is 5.69 Å². The highest BCUT2D eigenvalue weighted by molar-refractivity contribution is 6.33. The lowest BCUT2D eigenvalue weighted by Gasteiger charge is -2.35. The third-order valence-electron chi connectivity index (χ3n) is 5.21. The monoisotopic (exact) mass is 322 g/mol. The number of halogens is 1. The zero-order valence-electron chi connectivity index (χ0n) is 13.0. The van der Waals surface area contributed by atoms with Gasteiger partial charge in [0.2, 0.25) is 0 Å². The summed E-state index contributed by atoms with van der Waals surface area (Å²) in [5.41, 5.74) is 1.15. The summed E-state index contributed by atoms with van der Waals surface area (Å²) in [6, 6.07) is 5.86. The van der Waals surface area contributed by atoms with E-state index in [9.17, 15) is 9.90 Å². The molecule has 1 N–H and O–H groups in total. The molecular weight excluding hydrogens is 300 g/mol. The van der Waals surface area contributed by atoms with Crippen molar-refractivity contribution >= 4 is 23.3 Å². The molecule has 2 fully saturated rings. The summed E-state index contributed by atoms with van der Waals surface area (Å²) in [6.07, 6.45) is 3.38. The Kier molecular flexibility index (Phi) is 4.33. The van der Waals surface area contributed by atoms with Crippen molar-refractivity contribution in [3.63, 3.8) is 0 Å². The number of aliphatic carboxylic acids is 1. The van der Waals surface area contributed by atoms with Gasteiger partial charge in [-0.2, -0.15) is 0 Å². The Balaban J connectivity index is 1.87. The third kappa shape index (κ3) is 2.70. The maximum Gasteiger partial charge on any atom is 0.314 e. The standard InChI is InChI=1S/C17H23ClN2O2/c1-19-8-10-20(11-9-19)15-5-4-13(12-14(15)18)17(16(21)22)6-2-3-7-17/h4-5,12H,2-3,6-11H2,1H3,(H,21,22). The Morgan fingerprint density at radius 2 is 1.82 bits per heavy atom. The number of carboxylic acids is 1. The molecule has 0 amide bonds. The van der Waals surface area contributed by atoms with Crippen molar-refractivity contribution in [2.24, 2.45) is 0 Å². The molecule has 0 unspecified atom stereocenters. The van der Waals surface area contributed by atoms with E-state index < -0.39 is 11.4 Å². The molecule has 22 heavy (non-hydrogen) atoms. The van der Waals surface area contributed by atoms with Crippen LogP contribution in [-0.2, 0) is 10.2 Å². The van der Waals surface area contributed by atoms with Crippen molar-refractivity contribution < 1.29 is 9.90 Å². The van der Waals surface area contributed by atoms with Crippen LogP contribution in [0.1, 0.15) is 31.2 Å². The second kappa shape index (κ2) is 6.09. The molecule has 0 bridgehead atoms. The first-order valence-electron chi connectivity index (χ1n) is 8.00. The molecule has 1 heterocycles. The van der Waals surface area contributed by atoms with Crippen LogP contribution in [0.25, 0.3) is 0 Å². The number of nitrogens with zero attached hydrogens (tertiary/aromatic N) is 2. The minimum atomic E-state index is -0.732. The lowest BCUT2D eigenvalue weighted by atomic mass is 9.79. The van der Waals surface area contributed by atoms with E-state index in [1.807, 2.05) is 18.2 Å². The molecule has 1 aromatic rings. The number of rotatable bonds is 3. The molecule has 0 spiro atoms. The first kappa shape index (κ1) is 15.6. The van der Waals surface area contributed by atoms with Crippen LogP contribution in [0.3, 0.4) is 0 Å². The molecule has 0 radical (unpaired) electrons. The van der Waals surface area contributed by atoms with Crippen LogP contribution in [0.5, 0.6) is 0 Å². The van der Waals surface area contributed by atoms with Crippen molar-refractivity contribution in [1.82, 2.24) is 4.90 Å². The third-order valence-corrected chi connectivity index (χ3v) is 5.51.